The molecule has 0 amide bonds. The van der Waals surface area contributed by atoms with Crippen molar-refractivity contribution in [1.29, 1.82) is 0 Å². The Morgan fingerprint density at radius 1 is 1.52 bits per heavy atom. The number of methoxy groups -OCH3 is 1. The zero-order chi connectivity index (χ0) is 15.2. The van der Waals surface area contributed by atoms with Crippen LogP contribution in [-0.4, -0.2) is 56.2 Å². The zero-order valence-electron chi connectivity index (χ0n) is 11.6. The summed E-state index contributed by atoms with van der Waals surface area (Å²) in [5.41, 5.74) is 4.40. The van der Waals surface area contributed by atoms with Crippen LogP contribution >= 0.6 is 0 Å². The lowest BCUT2D eigenvalue weighted by Crippen LogP contribution is -2.40. The molecule has 0 aromatic carbocycles. The summed E-state index contributed by atoms with van der Waals surface area (Å²) in [5.74, 6) is 0.200. The van der Waals surface area contributed by atoms with Gasteiger partial charge in [0.2, 0.25) is 0 Å². The van der Waals surface area contributed by atoms with E-state index in [1.807, 2.05) is 0 Å². The molecule has 21 heavy (non-hydrogen) atoms. The maximum atomic E-state index is 14.9. The predicted molar refractivity (Wildman–Crippen MR) is 71.0 cm³/mol. The summed E-state index contributed by atoms with van der Waals surface area (Å²) in [5, 5.41) is 10.1. The Labute approximate surface area is 119 Å². The fourth-order valence-electron chi connectivity index (χ4n) is 2.56. The molecule has 0 spiro atoms. The number of alkyl halides is 1. The number of aromatic nitrogens is 4. The van der Waals surface area contributed by atoms with Crippen LogP contribution in [0.25, 0.3) is 11.2 Å². The van der Waals surface area contributed by atoms with Crippen LogP contribution in [0, 0.1) is 0 Å². The van der Waals surface area contributed by atoms with Crippen molar-refractivity contribution in [2.45, 2.75) is 31.0 Å². The minimum atomic E-state index is -2.02. The van der Waals surface area contributed by atoms with E-state index in [1.54, 1.807) is 0 Å². The zero-order valence-corrected chi connectivity index (χ0v) is 11.6. The number of nitrogens with zero attached hydrogens (tertiary/aromatic N) is 4. The van der Waals surface area contributed by atoms with E-state index in [4.69, 9.17) is 15.2 Å². The highest BCUT2D eigenvalue weighted by molar-refractivity contribution is 5.81. The number of nitrogen functional groups attached to an aromatic ring is 1. The molecule has 0 aliphatic carbocycles. The molecule has 1 aliphatic rings. The number of fused-ring (bicyclic) bond motifs is 1. The van der Waals surface area contributed by atoms with Crippen LogP contribution in [0.4, 0.5) is 10.2 Å². The summed E-state index contributed by atoms with van der Waals surface area (Å²) in [6.07, 6.45) is -0.526. The van der Waals surface area contributed by atoms with Crippen LogP contribution in [0.2, 0.25) is 0 Å². The van der Waals surface area contributed by atoms with E-state index in [1.165, 1.54) is 31.3 Å². The van der Waals surface area contributed by atoms with Crippen molar-refractivity contribution >= 4 is 17.0 Å². The molecular formula is C12H16FN5O3. The van der Waals surface area contributed by atoms with Crippen molar-refractivity contribution in [3.63, 3.8) is 0 Å². The smallest absolute Gasteiger partial charge is 0.181 e. The Morgan fingerprint density at radius 2 is 2.29 bits per heavy atom. The van der Waals surface area contributed by atoms with E-state index in [-0.39, 0.29) is 12.4 Å². The fraction of sp³-hybridized carbons (Fsp3) is 0.583. The molecule has 1 fully saturated rings. The van der Waals surface area contributed by atoms with Gasteiger partial charge < -0.3 is 20.3 Å². The molecule has 9 heteroatoms. The van der Waals surface area contributed by atoms with Crippen molar-refractivity contribution in [1.82, 2.24) is 19.5 Å². The van der Waals surface area contributed by atoms with Gasteiger partial charge in [0.25, 0.3) is 0 Å². The highest BCUT2D eigenvalue weighted by Gasteiger charge is 2.55. The average molecular weight is 297 g/mol. The standard InChI is InChI=1S/C12H16FN5O3/c1-12(13)8(19)6(3-20-2)21-11(12)18-5-17-7-9(14)15-4-16-10(7)18/h4-6,8,11,19H,3H2,1-2H3,(H2,14,15,16). The minimum absolute atomic E-state index is 0.0843. The van der Waals surface area contributed by atoms with E-state index >= 15 is 0 Å². The second kappa shape index (κ2) is 4.86. The largest absolute Gasteiger partial charge is 0.387 e. The monoisotopic (exact) mass is 297 g/mol. The molecule has 0 bridgehead atoms. The number of anilines is 1. The number of ether oxygens (including phenoxy) is 2. The number of hydrogen-bond acceptors (Lipinski definition) is 7. The highest BCUT2D eigenvalue weighted by Crippen LogP contribution is 2.42. The van der Waals surface area contributed by atoms with Crippen molar-refractivity contribution in [3.05, 3.63) is 12.7 Å². The van der Waals surface area contributed by atoms with Crippen LogP contribution in [0.3, 0.4) is 0 Å². The normalized spacial score (nSPS) is 32.9. The van der Waals surface area contributed by atoms with Crippen LogP contribution in [0.1, 0.15) is 13.2 Å². The first-order valence-electron chi connectivity index (χ1n) is 6.41. The molecule has 0 radical (unpaired) electrons. The van der Waals surface area contributed by atoms with Gasteiger partial charge in [-0.05, 0) is 6.92 Å². The van der Waals surface area contributed by atoms with E-state index in [0.29, 0.717) is 11.2 Å². The molecular weight excluding hydrogens is 281 g/mol. The highest BCUT2D eigenvalue weighted by atomic mass is 19.1. The number of aliphatic hydroxyl groups is 1. The van der Waals surface area contributed by atoms with E-state index in [9.17, 15) is 9.50 Å². The summed E-state index contributed by atoms with van der Waals surface area (Å²) < 4.78 is 26.8. The third kappa shape index (κ3) is 2.04. The van der Waals surface area contributed by atoms with Crippen molar-refractivity contribution < 1.29 is 19.0 Å². The molecule has 3 rings (SSSR count). The number of imidazole rings is 1. The Kier molecular flexibility index (Phi) is 3.27. The molecule has 4 unspecified atom stereocenters. The Hall–Kier alpha value is -1.84. The molecule has 3 N–H and O–H groups in total. The van der Waals surface area contributed by atoms with E-state index in [2.05, 4.69) is 15.0 Å². The van der Waals surface area contributed by atoms with Gasteiger partial charge in [-0.15, -0.1) is 0 Å². The lowest BCUT2D eigenvalue weighted by molar-refractivity contribution is -0.0621. The van der Waals surface area contributed by atoms with E-state index < -0.39 is 24.1 Å². The number of rotatable bonds is 3. The quantitative estimate of drug-likeness (QED) is 0.823. The Balaban J connectivity index is 2.04. The van der Waals surface area contributed by atoms with Gasteiger partial charge in [0.05, 0.1) is 12.9 Å². The first kappa shape index (κ1) is 14.1. The second-order valence-electron chi connectivity index (χ2n) is 5.16. The fourth-order valence-corrected chi connectivity index (χ4v) is 2.56. The molecule has 1 aliphatic heterocycles. The lowest BCUT2D eigenvalue weighted by atomic mass is 9.98. The summed E-state index contributed by atoms with van der Waals surface area (Å²) in [4.78, 5) is 12.0. The number of hydrogen-bond donors (Lipinski definition) is 2. The third-order valence-electron chi connectivity index (χ3n) is 3.69. The van der Waals surface area contributed by atoms with Gasteiger partial charge in [-0.1, -0.05) is 0 Å². The number of nitrogens with two attached hydrogens (primary N) is 1. The topological polar surface area (TPSA) is 108 Å². The van der Waals surface area contributed by atoms with Gasteiger partial charge in [0, 0.05) is 7.11 Å². The summed E-state index contributed by atoms with van der Waals surface area (Å²) >= 11 is 0. The van der Waals surface area contributed by atoms with Crippen molar-refractivity contribution in [2.75, 3.05) is 19.5 Å². The van der Waals surface area contributed by atoms with Crippen molar-refractivity contribution in [3.8, 4) is 0 Å². The summed E-state index contributed by atoms with van der Waals surface area (Å²) in [7, 11) is 1.46. The summed E-state index contributed by atoms with van der Waals surface area (Å²) in [6, 6.07) is 0. The molecule has 8 nitrogen and oxygen atoms in total. The minimum Gasteiger partial charge on any atom is -0.387 e. The van der Waals surface area contributed by atoms with Crippen LogP contribution in [0.5, 0.6) is 0 Å². The van der Waals surface area contributed by atoms with Gasteiger partial charge >= 0.3 is 0 Å². The molecule has 0 saturated carbocycles. The van der Waals surface area contributed by atoms with Gasteiger partial charge in [-0.2, -0.15) is 0 Å². The Bertz CT molecular complexity index is 661. The lowest BCUT2D eigenvalue weighted by Gasteiger charge is -2.24. The first-order valence-corrected chi connectivity index (χ1v) is 6.41. The third-order valence-corrected chi connectivity index (χ3v) is 3.69. The van der Waals surface area contributed by atoms with Crippen LogP contribution < -0.4 is 5.73 Å². The van der Waals surface area contributed by atoms with E-state index in [0.717, 1.165) is 0 Å². The number of aliphatic hydroxyl groups excluding tert-OH is 1. The Morgan fingerprint density at radius 3 is 3.00 bits per heavy atom. The predicted octanol–water partition coefficient (Wildman–Crippen LogP) is 0.0414. The van der Waals surface area contributed by atoms with Gasteiger partial charge in [0.15, 0.2) is 23.4 Å². The second-order valence-corrected chi connectivity index (χ2v) is 5.16. The van der Waals surface area contributed by atoms with Crippen LogP contribution in [0.15, 0.2) is 12.7 Å². The van der Waals surface area contributed by atoms with Gasteiger partial charge in [-0.25, -0.2) is 19.3 Å². The first-order chi connectivity index (χ1) is 9.96. The van der Waals surface area contributed by atoms with Crippen LogP contribution in [-0.2, 0) is 9.47 Å². The summed E-state index contributed by atoms with van der Waals surface area (Å²) in [6.45, 7) is 1.36. The molecule has 3 heterocycles. The maximum absolute atomic E-state index is 14.9. The SMILES string of the molecule is COCC1OC(n2cnc3c(N)ncnc32)C(C)(F)C1O. The maximum Gasteiger partial charge on any atom is 0.181 e. The van der Waals surface area contributed by atoms with Gasteiger partial charge in [-0.3, -0.25) is 4.57 Å². The molecule has 1 saturated heterocycles. The number of halogens is 1. The molecule has 2 aromatic heterocycles. The molecule has 2 aromatic rings. The van der Waals surface area contributed by atoms with Gasteiger partial charge in [0.1, 0.15) is 24.1 Å². The molecule has 114 valence electrons. The average Bonchev–Trinajstić information content (AvgIpc) is 2.95. The van der Waals surface area contributed by atoms with Crippen molar-refractivity contribution in [2.24, 2.45) is 0 Å². The molecule has 4 atom stereocenters.